The predicted molar refractivity (Wildman–Crippen MR) is 76.2 cm³/mol. The third kappa shape index (κ3) is 3.25. The molecule has 0 saturated carbocycles. The van der Waals surface area contributed by atoms with E-state index in [0.29, 0.717) is 17.1 Å². The van der Waals surface area contributed by atoms with E-state index in [1.54, 1.807) is 12.1 Å². The van der Waals surface area contributed by atoms with Crippen molar-refractivity contribution >= 4 is 17.6 Å². The lowest BCUT2D eigenvalue weighted by Gasteiger charge is -2.12. The SMILES string of the molecule is COc1cc(C(=O)O)ccc1Oc1ccc(C#N)cc1Cl. The molecule has 2 rings (SSSR count). The fourth-order valence-corrected chi connectivity index (χ4v) is 1.88. The van der Waals surface area contributed by atoms with Gasteiger partial charge in [-0.05, 0) is 36.4 Å². The molecule has 0 atom stereocenters. The van der Waals surface area contributed by atoms with Crippen LogP contribution in [-0.2, 0) is 0 Å². The molecule has 0 amide bonds. The summed E-state index contributed by atoms with van der Waals surface area (Å²) in [5, 5.41) is 18.0. The van der Waals surface area contributed by atoms with Crippen molar-refractivity contribution in [2.24, 2.45) is 0 Å². The number of nitriles is 1. The molecular weight excluding hydrogens is 294 g/mol. The zero-order valence-corrected chi connectivity index (χ0v) is 11.7. The van der Waals surface area contributed by atoms with Crippen molar-refractivity contribution in [3.8, 4) is 23.3 Å². The van der Waals surface area contributed by atoms with Crippen LogP contribution in [-0.4, -0.2) is 18.2 Å². The van der Waals surface area contributed by atoms with Crippen LogP contribution in [0.15, 0.2) is 36.4 Å². The molecule has 0 bridgehead atoms. The molecule has 0 aromatic heterocycles. The Morgan fingerprint density at radius 1 is 1.19 bits per heavy atom. The highest BCUT2D eigenvalue weighted by atomic mass is 35.5. The third-order valence-electron chi connectivity index (χ3n) is 2.69. The van der Waals surface area contributed by atoms with E-state index in [4.69, 9.17) is 31.4 Å². The number of carbonyl (C=O) groups is 1. The Morgan fingerprint density at radius 2 is 1.90 bits per heavy atom. The van der Waals surface area contributed by atoms with Gasteiger partial charge in [0.25, 0.3) is 0 Å². The minimum Gasteiger partial charge on any atom is -0.493 e. The van der Waals surface area contributed by atoms with Gasteiger partial charge in [0.2, 0.25) is 0 Å². The van der Waals surface area contributed by atoms with Gasteiger partial charge in [0.15, 0.2) is 11.5 Å². The standard InChI is InChI=1S/C15H10ClNO4/c1-20-14-7-10(15(18)19)3-5-13(14)21-12-4-2-9(8-17)6-11(12)16/h2-7H,1H3,(H,18,19). The van der Waals surface area contributed by atoms with Crippen molar-refractivity contribution < 1.29 is 19.4 Å². The number of ether oxygens (including phenoxy) is 2. The lowest BCUT2D eigenvalue weighted by molar-refractivity contribution is 0.0696. The summed E-state index contributed by atoms with van der Waals surface area (Å²) in [5.41, 5.74) is 0.505. The highest BCUT2D eigenvalue weighted by Gasteiger charge is 2.12. The van der Waals surface area contributed by atoms with Crippen LogP contribution >= 0.6 is 11.6 Å². The van der Waals surface area contributed by atoms with Gasteiger partial charge in [0.05, 0.1) is 29.3 Å². The van der Waals surface area contributed by atoms with E-state index in [9.17, 15) is 4.79 Å². The van der Waals surface area contributed by atoms with Crippen LogP contribution in [0.4, 0.5) is 0 Å². The quantitative estimate of drug-likeness (QED) is 0.931. The van der Waals surface area contributed by atoms with Gasteiger partial charge in [-0.25, -0.2) is 4.79 Å². The first-order valence-corrected chi connectivity index (χ1v) is 6.21. The van der Waals surface area contributed by atoms with Gasteiger partial charge in [0.1, 0.15) is 5.75 Å². The van der Waals surface area contributed by atoms with Crippen LogP contribution in [0.25, 0.3) is 0 Å². The maximum Gasteiger partial charge on any atom is 0.335 e. The first-order valence-electron chi connectivity index (χ1n) is 5.84. The average molecular weight is 304 g/mol. The van der Waals surface area contributed by atoms with E-state index >= 15 is 0 Å². The average Bonchev–Trinajstić information content (AvgIpc) is 2.49. The summed E-state index contributed by atoms with van der Waals surface area (Å²) >= 11 is 6.02. The fraction of sp³-hybridized carbons (Fsp3) is 0.0667. The van der Waals surface area contributed by atoms with Crippen molar-refractivity contribution in [3.05, 3.63) is 52.5 Å². The molecule has 0 heterocycles. The zero-order valence-electron chi connectivity index (χ0n) is 11.0. The predicted octanol–water partition coefficient (Wildman–Crippen LogP) is 3.71. The molecule has 0 aliphatic heterocycles. The molecule has 2 aromatic carbocycles. The van der Waals surface area contributed by atoms with Crippen molar-refractivity contribution in [1.29, 1.82) is 5.26 Å². The molecule has 6 heteroatoms. The van der Waals surface area contributed by atoms with Gasteiger partial charge < -0.3 is 14.6 Å². The summed E-state index contributed by atoms with van der Waals surface area (Å²) in [4.78, 5) is 10.9. The number of aromatic carboxylic acids is 1. The second-order valence-electron chi connectivity index (χ2n) is 4.03. The Kier molecular flexibility index (Phi) is 4.31. The number of hydrogen-bond acceptors (Lipinski definition) is 4. The molecule has 2 aromatic rings. The van der Waals surface area contributed by atoms with E-state index in [2.05, 4.69) is 0 Å². The monoisotopic (exact) mass is 303 g/mol. The first-order chi connectivity index (χ1) is 10.0. The maximum absolute atomic E-state index is 10.9. The van der Waals surface area contributed by atoms with Gasteiger partial charge in [-0.2, -0.15) is 5.26 Å². The highest BCUT2D eigenvalue weighted by molar-refractivity contribution is 6.32. The second kappa shape index (κ2) is 6.16. The molecule has 0 saturated heterocycles. The Hall–Kier alpha value is -2.71. The van der Waals surface area contributed by atoms with E-state index in [1.807, 2.05) is 6.07 Å². The summed E-state index contributed by atoms with van der Waals surface area (Å²) in [5.74, 6) is -0.113. The van der Waals surface area contributed by atoms with Crippen LogP contribution in [0.2, 0.25) is 5.02 Å². The van der Waals surface area contributed by atoms with Gasteiger partial charge in [0, 0.05) is 0 Å². The van der Waals surface area contributed by atoms with Gasteiger partial charge >= 0.3 is 5.97 Å². The summed E-state index contributed by atoms with van der Waals surface area (Å²) < 4.78 is 10.7. The number of methoxy groups -OCH3 is 1. The zero-order chi connectivity index (χ0) is 15.4. The van der Waals surface area contributed by atoms with Crippen LogP contribution in [0, 0.1) is 11.3 Å². The van der Waals surface area contributed by atoms with E-state index in [1.165, 1.54) is 31.4 Å². The Bertz CT molecular complexity index is 737. The summed E-state index contributed by atoms with van der Waals surface area (Å²) in [7, 11) is 1.41. The largest absolute Gasteiger partial charge is 0.493 e. The number of hydrogen-bond donors (Lipinski definition) is 1. The minimum atomic E-state index is -1.06. The van der Waals surface area contributed by atoms with Crippen LogP contribution in [0.3, 0.4) is 0 Å². The molecule has 0 spiro atoms. The lowest BCUT2D eigenvalue weighted by atomic mass is 10.2. The molecule has 0 aliphatic rings. The smallest absolute Gasteiger partial charge is 0.335 e. The van der Waals surface area contributed by atoms with E-state index in [-0.39, 0.29) is 16.3 Å². The first kappa shape index (κ1) is 14.7. The Labute approximate surface area is 125 Å². The number of carboxylic acids is 1. The number of carboxylic acid groups (broad SMARTS) is 1. The third-order valence-corrected chi connectivity index (χ3v) is 2.99. The van der Waals surface area contributed by atoms with E-state index in [0.717, 1.165) is 0 Å². The van der Waals surface area contributed by atoms with Gasteiger partial charge in [-0.3, -0.25) is 0 Å². The molecule has 21 heavy (non-hydrogen) atoms. The topological polar surface area (TPSA) is 79.6 Å². The highest BCUT2D eigenvalue weighted by Crippen LogP contribution is 2.35. The van der Waals surface area contributed by atoms with Crippen LogP contribution in [0.1, 0.15) is 15.9 Å². The van der Waals surface area contributed by atoms with Crippen molar-refractivity contribution in [2.75, 3.05) is 7.11 Å². The Morgan fingerprint density at radius 3 is 2.48 bits per heavy atom. The number of benzene rings is 2. The summed E-state index contributed by atoms with van der Waals surface area (Å²) in [6.45, 7) is 0. The molecule has 0 unspecified atom stereocenters. The van der Waals surface area contributed by atoms with Crippen molar-refractivity contribution in [3.63, 3.8) is 0 Å². The Balaban J connectivity index is 2.35. The van der Waals surface area contributed by atoms with Gasteiger partial charge in [-0.1, -0.05) is 11.6 Å². The maximum atomic E-state index is 10.9. The number of rotatable bonds is 4. The second-order valence-corrected chi connectivity index (χ2v) is 4.44. The number of halogens is 1. The molecule has 0 radical (unpaired) electrons. The normalized spacial score (nSPS) is 9.76. The summed E-state index contributed by atoms with van der Waals surface area (Å²) in [6, 6.07) is 10.8. The summed E-state index contributed by atoms with van der Waals surface area (Å²) in [6.07, 6.45) is 0. The lowest BCUT2D eigenvalue weighted by Crippen LogP contribution is -1.98. The molecule has 106 valence electrons. The van der Waals surface area contributed by atoms with Crippen LogP contribution in [0.5, 0.6) is 17.2 Å². The number of nitrogens with zero attached hydrogens (tertiary/aromatic N) is 1. The van der Waals surface area contributed by atoms with Gasteiger partial charge in [-0.15, -0.1) is 0 Å². The van der Waals surface area contributed by atoms with E-state index < -0.39 is 5.97 Å². The van der Waals surface area contributed by atoms with Crippen LogP contribution < -0.4 is 9.47 Å². The molecule has 5 nitrogen and oxygen atoms in total. The molecule has 1 N–H and O–H groups in total. The fourth-order valence-electron chi connectivity index (χ4n) is 1.66. The minimum absolute atomic E-state index is 0.0881. The van der Waals surface area contributed by atoms with Crippen molar-refractivity contribution in [2.45, 2.75) is 0 Å². The molecule has 0 fully saturated rings. The molecular formula is C15H10ClNO4. The molecule has 0 aliphatic carbocycles. The van der Waals surface area contributed by atoms with Crippen molar-refractivity contribution in [1.82, 2.24) is 0 Å².